The number of hydrogen-bond acceptors (Lipinski definition) is 7. The van der Waals surface area contributed by atoms with E-state index < -0.39 is 29.9 Å². The molecule has 0 aromatic heterocycles. The van der Waals surface area contributed by atoms with Gasteiger partial charge in [0.25, 0.3) is 5.91 Å². The Morgan fingerprint density at radius 2 is 2.04 bits per heavy atom. The number of thioether (sulfide) groups is 2. The number of fused-ring (bicyclic) bond motifs is 1. The van der Waals surface area contributed by atoms with Crippen LogP contribution < -0.4 is 10.6 Å². The van der Waals surface area contributed by atoms with Crippen LogP contribution in [0, 0.1) is 0 Å². The van der Waals surface area contributed by atoms with Crippen LogP contribution >= 0.6 is 23.5 Å². The van der Waals surface area contributed by atoms with Gasteiger partial charge in [-0.3, -0.25) is 19.5 Å². The van der Waals surface area contributed by atoms with Crippen LogP contribution in [0.2, 0.25) is 0 Å². The van der Waals surface area contributed by atoms with Gasteiger partial charge in [-0.05, 0) is 33.3 Å². The molecule has 11 heteroatoms. The number of aliphatic imine (C=N–C) groups is 1. The first-order chi connectivity index (χ1) is 13.1. The normalized spacial score (nSPS) is 22.3. The average Bonchev–Trinajstić information content (AvgIpc) is 2.61. The molecule has 4 N–H and O–H groups in total. The van der Waals surface area contributed by atoms with Gasteiger partial charge in [-0.1, -0.05) is 11.8 Å². The van der Waals surface area contributed by atoms with Crippen molar-refractivity contribution < 1.29 is 24.6 Å². The summed E-state index contributed by atoms with van der Waals surface area (Å²) in [6.45, 7) is 7.43. The summed E-state index contributed by atoms with van der Waals surface area (Å²) in [7, 11) is 0. The molecular formula is C17H26N4O5S2. The lowest BCUT2D eigenvalue weighted by Gasteiger charge is -2.49. The third-order valence-electron chi connectivity index (χ3n) is 3.88. The van der Waals surface area contributed by atoms with Crippen molar-refractivity contribution in [2.24, 2.45) is 4.99 Å². The number of carboxylic acids is 1. The van der Waals surface area contributed by atoms with Gasteiger partial charge in [-0.25, -0.2) is 4.79 Å². The second-order valence-corrected chi connectivity index (χ2v) is 9.06. The highest BCUT2D eigenvalue weighted by Crippen LogP contribution is 2.40. The first-order valence-electron chi connectivity index (χ1n) is 8.93. The summed E-state index contributed by atoms with van der Waals surface area (Å²) >= 11 is 2.59. The first-order valence-corrected chi connectivity index (χ1v) is 11.0. The summed E-state index contributed by atoms with van der Waals surface area (Å²) < 4.78 is 0. The lowest BCUT2D eigenvalue weighted by atomic mass is 10.0. The Balaban J connectivity index is 1.97. The fourth-order valence-corrected chi connectivity index (χ4v) is 5.04. The SMILES string of the molecule is CC(C)N=C(NC(C)C)SCC(=O)NC1C(=O)N2C(C(=O)O)=C(CO)CSC12. The standard InChI is InChI=1S/C17H26N4O5S2/c1-8(2)18-17(19-9(3)4)28-7-11(23)20-12-14(24)21-13(16(25)26)10(5-22)6-27-15(12)21/h8-9,12,15,22H,5-7H2,1-4H3,(H,18,19)(H,20,23)(H,25,26). The van der Waals surface area contributed by atoms with Crippen molar-refractivity contribution in [1.29, 1.82) is 0 Å². The number of nitrogens with one attached hydrogen (secondary N) is 2. The highest BCUT2D eigenvalue weighted by atomic mass is 32.2. The number of nitrogens with zero attached hydrogens (tertiary/aromatic N) is 2. The molecule has 156 valence electrons. The van der Waals surface area contributed by atoms with E-state index in [0.717, 1.165) is 4.90 Å². The molecule has 2 atom stereocenters. The third kappa shape index (κ3) is 5.21. The molecule has 0 radical (unpaired) electrons. The Labute approximate surface area is 172 Å². The van der Waals surface area contributed by atoms with Crippen LogP contribution in [0.4, 0.5) is 0 Å². The van der Waals surface area contributed by atoms with Crippen LogP contribution in [0.25, 0.3) is 0 Å². The summed E-state index contributed by atoms with van der Waals surface area (Å²) in [6, 6.07) is -0.509. The molecule has 0 aromatic rings. The Hall–Kier alpha value is -1.72. The van der Waals surface area contributed by atoms with Gasteiger partial charge in [0.1, 0.15) is 17.1 Å². The average molecular weight is 431 g/mol. The minimum Gasteiger partial charge on any atom is -0.477 e. The molecule has 1 fully saturated rings. The topological polar surface area (TPSA) is 131 Å². The number of carbonyl (C=O) groups is 3. The van der Waals surface area contributed by atoms with Crippen LogP contribution in [-0.2, 0) is 14.4 Å². The third-order valence-corrected chi connectivity index (χ3v) is 6.13. The summed E-state index contributed by atoms with van der Waals surface area (Å²) in [5.41, 5.74) is 0.125. The molecular weight excluding hydrogens is 404 g/mol. The van der Waals surface area contributed by atoms with E-state index in [0.29, 0.717) is 16.5 Å². The van der Waals surface area contributed by atoms with E-state index in [1.807, 2.05) is 27.7 Å². The predicted octanol–water partition coefficient (Wildman–Crippen LogP) is 0.213. The largest absolute Gasteiger partial charge is 0.477 e. The Morgan fingerprint density at radius 1 is 1.36 bits per heavy atom. The van der Waals surface area contributed by atoms with E-state index in [-0.39, 0.29) is 29.4 Å². The summed E-state index contributed by atoms with van der Waals surface area (Å²) in [5.74, 6) is -1.65. The fraction of sp³-hybridized carbons (Fsp3) is 0.647. The maximum absolute atomic E-state index is 12.4. The van der Waals surface area contributed by atoms with E-state index in [1.165, 1.54) is 23.5 Å². The Kier molecular flexibility index (Phi) is 7.79. The first kappa shape index (κ1) is 22.6. The molecule has 2 aliphatic heterocycles. The molecule has 2 unspecified atom stereocenters. The zero-order valence-electron chi connectivity index (χ0n) is 16.3. The molecule has 0 aliphatic carbocycles. The predicted molar refractivity (Wildman–Crippen MR) is 110 cm³/mol. The smallest absolute Gasteiger partial charge is 0.352 e. The molecule has 0 bridgehead atoms. The van der Waals surface area contributed by atoms with E-state index in [9.17, 15) is 24.6 Å². The number of hydrogen-bond donors (Lipinski definition) is 4. The summed E-state index contributed by atoms with van der Waals surface area (Å²) in [4.78, 5) is 41.8. The quantitative estimate of drug-likeness (QED) is 0.256. The molecule has 2 amide bonds. The van der Waals surface area contributed by atoms with Gasteiger partial charge in [0, 0.05) is 17.8 Å². The van der Waals surface area contributed by atoms with Crippen LogP contribution in [0.5, 0.6) is 0 Å². The maximum Gasteiger partial charge on any atom is 0.352 e. The molecule has 0 saturated carbocycles. The van der Waals surface area contributed by atoms with Crippen molar-refractivity contribution in [3.05, 3.63) is 11.3 Å². The van der Waals surface area contributed by atoms with Crippen molar-refractivity contribution in [2.75, 3.05) is 18.1 Å². The van der Waals surface area contributed by atoms with Crippen LogP contribution in [0.15, 0.2) is 16.3 Å². The summed E-state index contributed by atoms with van der Waals surface area (Å²) in [6.07, 6.45) is 0. The highest BCUT2D eigenvalue weighted by molar-refractivity contribution is 8.14. The van der Waals surface area contributed by atoms with E-state index in [2.05, 4.69) is 15.6 Å². The van der Waals surface area contributed by atoms with Crippen LogP contribution in [0.1, 0.15) is 27.7 Å². The number of rotatable bonds is 7. The highest BCUT2D eigenvalue weighted by Gasteiger charge is 2.54. The van der Waals surface area contributed by atoms with Crippen molar-refractivity contribution in [2.45, 2.75) is 51.2 Å². The van der Waals surface area contributed by atoms with Crippen molar-refractivity contribution in [3.63, 3.8) is 0 Å². The minimum absolute atomic E-state index is 0.0826. The number of aliphatic hydroxyl groups excluding tert-OH is 1. The molecule has 2 rings (SSSR count). The molecule has 0 spiro atoms. The van der Waals surface area contributed by atoms with Gasteiger partial charge in [-0.2, -0.15) is 0 Å². The maximum atomic E-state index is 12.4. The number of aliphatic carboxylic acids is 1. The number of amides is 2. The molecule has 2 heterocycles. The van der Waals surface area contributed by atoms with Gasteiger partial charge in [0.15, 0.2) is 5.17 Å². The molecule has 0 aromatic carbocycles. The monoisotopic (exact) mass is 430 g/mol. The van der Waals surface area contributed by atoms with Crippen molar-refractivity contribution in [3.8, 4) is 0 Å². The number of aliphatic hydroxyl groups is 1. The second-order valence-electron chi connectivity index (χ2n) is 6.99. The van der Waals surface area contributed by atoms with E-state index >= 15 is 0 Å². The van der Waals surface area contributed by atoms with Gasteiger partial charge >= 0.3 is 5.97 Å². The molecule has 9 nitrogen and oxygen atoms in total. The van der Waals surface area contributed by atoms with Gasteiger partial charge in [0.2, 0.25) is 5.91 Å². The second kappa shape index (κ2) is 9.66. The lowest BCUT2D eigenvalue weighted by Crippen LogP contribution is -2.70. The number of carboxylic acid groups (broad SMARTS) is 1. The number of amidine groups is 1. The Bertz CT molecular complexity index is 708. The van der Waals surface area contributed by atoms with Gasteiger partial charge in [0.05, 0.1) is 12.4 Å². The van der Waals surface area contributed by atoms with Crippen molar-refractivity contribution in [1.82, 2.24) is 15.5 Å². The zero-order chi connectivity index (χ0) is 21.0. The number of carbonyl (C=O) groups excluding carboxylic acids is 2. The molecule has 2 aliphatic rings. The van der Waals surface area contributed by atoms with Crippen LogP contribution in [0.3, 0.4) is 0 Å². The molecule has 1 saturated heterocycles. The zero-order valence-corrected chi connectivity index (χ0v) is 17.9. The minimum atomic E-state index is -1.25. The van der Waals surface area contributed by atoms with Gasteiger partial charge < -0.3 is 20.8 Å². The van der Waals surface area contributed by atoms with E-state index in [4.69, 9.17) is 0 Å². The fourth-order valence-electron chi connectivity index (χ4n) is 2.75. The van der Waals surface area contributed by atoms with Crippen LogP contribution in [-0.4, -0.2) is 79.7 Å². The number of β-lactam (4-membered cyclic amide) rings is 1. The Morgan fingerprint density at radius 3 is 2.57 bits per heavy atom. The summed E-state index contributed by atoms with van der Waals surface area (Å²) in [5, 5.41) is 24.7. The lowest BCUT2D eigenvalue weighted by molar-refractivity contribution is -0.150. The van der Waals surface area contributed by atoms with E-state index in [1.54, 1.807) is 0 Å². The van der Waals surface area contributed by atoms with Gasteiger partial charge in [-0.15, -0.1) is 11.8 Å². The van der Waals surface area contributed by atoms with Crippen molar-refractivity contribution >= 4 is 46.5 Å². The molecule has 28 heavy (non-hydrogen) atoms.